The van der Waals surface area contributed by atoms with Gasteiger partial charge in [-0.05, 0) is 42.3 Å². The van der Waals surface area contributed by atoms with Crippen LogP contribution in [-0.2, 0) is 11.2 Å². The molecule has 0 aliphatic carbocycles. The van der Waals surface area contributed by atoms with E-state index in [1.165, 1.54) is 0 Å². The number of amides is 2. The van der Waals surface area contributed by atoms with Crippen LogP contribution in [0.15, 0.2) is 42.7 Å². The lowest BCUT2D eigenvalue weighted by molar-refractivity contribution is -0.130. The molecule has 1 aliphatic rings. The molecule has 3 aromatic rings. The number of benzene rings is 2. The molecule has 1 saturated heterocycles. The summed E-state index contributed by atoms with van der Waals surface area (Å²) in [6.07, 6.45) is 2.65. The predicted octanol–water partition coefficient (Wildman–Crippen LogP) is 2.50. The van der Waals surface area contributed by atoms with Crippen molar-refractivity contribution in [2.75, 3.05) is 40.4 Å². The number of methoxy groups -OCH3 is 2. The van der Waals surface area contributed by atoms with Crippen molar-refractivity contribution in [2.45, 2.75) is 12.8 Å². The number of nitrogens with one attached hydrogen (secondary N) is 1. The maximum atomic E-state index is 13.0. The molecule has 8 nitrogen and oxygen atoms in total. The van der Waals surface area contributed by atoms with Gasteiger partial charge in [-0.3, -0.25) is 9.59 Å². The first kappa shape index (κ1) is 20.7. The highest BCUT2D eigenvalue weighted by molar-refractivity contribution is 5.97. The zero-order chi connectivity index (χ0) is 21.8. The summed E-state index contributed by atoms with van der Waals surface area (Å²) in [5.74, 6) is 1.26. The summed E-state index contributed by atoms with van der Waals surface area (Å²) in [7, 11) is 3.16. The Morgan fingerprint density at radius 1 is 0.968 bits per heavy atom. The lowest BCUT2D eigenvalue weighted by Gasteiger charge is -2.22. The smallest absolute Gasteiger partial charge is 0.253 e. The van der Waals surface area contributed by atoms with E-state index < -0.39 is 0 Å². The molecule has 0 spiro atoms. The van der Waals surface area contributed by atoms with E-state index in [2.05, 4.69) is 9.97 Å². The Morgan fingerprint density at radius 3 is 2.55 bits per heavy atom. The number of hydrogen-bond donors (Lipinski definition) is 1. The molecule has 1 aromatic heterocycles. The third kappa shape index (κ3) is 4.47. The van der Waals surface area contributed by atoms with Crippen LogP contribution in [0.3, 0.4) is 0 Å². The average Bonchev–Trinajstić information content (AvgIpc) is 3.12. The van der Waals surface area contributed by atoms with Crippen LogP contribution in [0.1, 0.15) is 22.3 Å². The van der Waals surface area contributed by atoms with Gasteiger partial charge in [-0.25, -0.2) is 4.98 Å². The highest BCUT2D eigenvalue weighted by Gasteiger charge is 2.23. The summed E-state index contributed by atoms with van der Waals surface area (Å²) in [6.45, 7) is 2.29. The molecule has 2 heterocycles. The molecule has 2 aromatic carbocycles. The van der Waals surface area contributed by atoms with Gasteiger partial charge in [0.05, 0.1) is 38.0 Å². The van der Waals surface area contributed by atoms with E-state index in [9.17, 15) is 9.59 Å². The van der Waals surface area contributed by atoms with Gasteiger partial charge in [-0.2, -0.15) is 0 Å². The molecule has 0 radical (unpaired) electrons. The fourth-order valence-electron chi connectivity index (χ4n) is 3.90. The van der Waals surface area contributed by atoms with Gasteiger partial charge >= 0.3 is 0 Å². The van der Waals surface area contributed by atoms with Crippen LogP contribution in [0.2, 0.25) is 0 Å². The second kappa shape index (κ2) is 9.07. The van der Waals surface area contributed by atoms with Crippen molar-refractivity contribution >= 4 is 22.8 Å². The first-order chi connectivity index (χ1) is 15.1. The van der Waals surface area contributed by atoms with Crippen LogP contribution in [0.5, 0.6) is 11.5 Å². The zero-order valence-corrected chi connectivity index (χ0v) is 17.8. The van der Waals surface area contributed by atoms with Crippen molar-refractivity contribution in [2.24, 2.45) is 0 Å². The van der Waals surface area contributed by atoms with Gasteiger partial charge in [-0.15, -0.1) is 0 Å². The Bertz CT molecular complexity index is 1090. The molecular weight excluding hydrogens is 396 g/mol. The number of nitrogens with zero attached hydrogens (tertiary/aromatic N) is 3. The number of aromatic nitrogens is 2. The predicted molar refractivity (Wildman–Crippen MR) is 116 cm³/mol. The van der Waals surface area contributed by atoms with E-state index in [0.29, 0.717) is 43.2 Å². The van der Waals surface area contributed by atoms with Crippen molar-refractivity contribution < 1.29 is 19.1 Å². The standard InChI is InChI=1S/C23H26N4O4/c1-30-20-7-4-16(12-21(20)31-2)13-22(28)26-8-3-9-27(11-10-26)23(29)17-5-6-18-19(14-17)25-15-24-18/h4-7,12,14-15H,3,8-11,13H2,1-2H3,(H,24,25). The Morgan fingerprint density at radius 2 is 1.74 bits per heavy atom. The molecule has 0 unspecified atom stereocenters. The lowest BCUT2D eigenvalue weighted by atomic mass is 10.1. The van der Waals surface area contributed by atoms with Crippen LogP contribution in [0.4, 0.5) is 0 Å². The summed E-state index contributed by atoms with van der Waals surface area (Å²) in [6, 6.07) is 11.0. The fraction of sp³-hybridized carbons (Fsp3) is 0.348. The Hall–Kier alpha value is -3.55. The quantitative estimate of drug-likeness (QED) is 0.683. The molecular formula is C23H26N4O4. The first-order valence-electron chi connectivity index (χ1n) is 10.3. The molecule has 1 aliphatic heterocycles. The van der Waals surface area contributed by atoms with Crippen molar-refractivity contribution in [1.29, 1.82) is 0 Å². The fourth-order valence-corrected chi connectivity index (χ4v) is 3.90. The summed E-state index contributed by atoms with van der Waals surface area (Å²) < 4.78 is 10.6. The number of carbonyl (C=O) groups excluding carboxylic acids is 2. The van der Waals surface area contributed by atoms with Crippen LogP contribution in [0, 0.1) is 0 Å². The molecule has 4 rings (SSSR count). The second-order valence-corrected chi connectivity index (χ2v) is 7.53. The normalized spacial score (nSPS) is 14.4. The number of imidazole rings is 1. The van der Waals surface area contributed by atoms with Crippen LogP contribution < -0.4 is 9.47 Å². The number of carbonyl (C=O) groups is 2. The third-order valence-corrected chi connectivity index (χ3v) is 5.61. The van der Waals surface area contributed by atoms with E-state index in [1.807, 2.05) is 34.1 Å². The monoisotopic (exact) mass is 422 g/mol. The van der Waals surface area contributed by atoms with Gasteiger partial charge in [0.2, 0.25) is 5.91 Å². The molecule has 2 amide bonds. The number of aromatic amines is 1. The van der Waals surface area contributed by atoms with E-state index >= 15 is 0 Å². The Balaban J connectivity index is 1.39. The molecule has 0 bridgehead atoms. The van der Waals surface area contributed by atoms with Gasteiger partial charge in [0, 0.05) is 31.7 Å². The Kier molecular flexibility index (Phi) is 6.06. The minimum Gasteiger partial charge on any atom is -0.493 e. The number of hydrogen-bond acceptors (Lipinski definition) is 5. The van der Waals surface area contributed by atoms with Crippen LogP contribution in [0.25, 0.3) is 11.0 Å². The molecule has 1 fully saturated rings. The molecule has 162 valence electrons. The number of H-pyrrole nitrogens is 1. The van der Waals surface area contributed by atoms with Crippen molar-refractivity contribution in [3.8, 4) is 11.5 Å². The second-order valence-electron chi connectivity index (χ2n) is 7.53. The first-order valence-corrected chi connectivity index (χ1v) is 10.3. The van der Waals surface area contributed by atoms with Gasteiger partial charge in [0.1, 0.15) is 0 Å². The maximum absolute atomic E-state index is 13.0. The highest BCUT2D eigenvalue weighted by Crippen LogP contribution is 2.28. The number of fused-ring (bicyclic) bond motifs is 1. The third-order valence-electron chi connectivity index (χ3n) is 5.61. The van der Waals surface area contributed by atoms with Gasteiger partial charge in [-0.1, -0.05) is 6.07 Å². The van der Waals surface area contributed by atoms with E-state index in [0.717, 1.165) is 23.0 Å². The molecule has 1 N–H and O–H groups in total. The topological polar surface area (TPSA) is 87.8 Å². The highest BCUT2D eigenvalue weighted by atomic mass is 16.5. The van der Waals surface area contributed by atoms with Crippen LogP contribution >= 0.6 is 0 Å². The van der Waals surface area contributed by atoms with Crippen molar-refractivity contribution in [3.63, 3.8) is 0 Å². The van der Waals surface area contributed by atoms with Crippen LogP contribution in [-0.4, -0.2) is 72.0 Å². The van der Waals surface area contributed by atoms with E-state index in [1.54, 1.807) is 32.7 Å². The summed E-state index contributed by atoms with van der Waals surface area (Å²) in [4.78, 5) is 36.7. The lowest BCUT2D eigenvalue weighted by Crippen LogP contribution is -2.38. The molecule has 0 atom stereocenters. The number of ether oxygens (including phenoxy) is 2. The largest absolute Gasteiger partial charge is 0.493 e. The average molecular weight is 422 g/mol. The summed E-state index contributed by atoms with van der Waals surface area (Å²) in [5, 5.41) is 0. The molecule has 8 heteroatoms. The van der Waals surface area contributed by atoms with Crippen molar-refractivity contribution in [1.82, 2.24) is 19.8 Å². The SMILES string of the molecule is COc1ccc(CC(=O)N2CCCN(C(=O)c3ccc4nc[nH]c4c3)CC2)cc1OC. The maximum Gasteiger partial charge on any atom is 0.253 e. The van der Waals surface area contributed by atoms with E-state index in [-0.39, 0.29) is 18.2 Å². The minimum absolute atomic E-state index is 0.0225. The molecule has 31 heavy (non-hydrogen) atoms. The Labute approximate surface area is 180 Å². The van der Waals surface area contributed by atoms with Gasteiger partial charge in [0.15, 0.2) is 11.5 Å². The van der Waals surface area contributed by atoms with E-state index in [4.69, 9.17) is 9.47 Å². The molecule has 0 saturated carbocycles. The van der Waals surface area contributed by atoms with Gasteiger partial charge in [0.25, 0.3) is 5.91 Å². The summed E-state index contributed by atoms with van der Waals surface area (Å²) >= 11 is 0. The summed E-state index contributed by atoms with van der Waals surface area (Å²) in [5.41, 5.74) is 3.17. The van der Waals surface area contributed by atoms with Crippen molar-refractivity contribution in [3.05, 3.63) is 53.9 Å². The van der Waals surface area contributed by atoms with Gasteiger partial charge < -0.3 is 24.3 Å². The minimum atomic E-state index is -0.0225. The number of rotatable bonds is 5. The zero-order valence-electron chi connectivity index (χ0n) is 17.8.